The molecule has 1 atom stereocenters. The monoisotopic (exact) mass is 390 g/mol. The minimum Gasteiger partial charge on any atom is -0.339 e. The second-order valence-corrected chi connectivity index (χ2v) is 9.44. The Morgan fingerprint density at radius 2 is 1.85 bits per heavy atom. The van der Waals surface area contributed by atoms with Crippen LogP contribution in [0.4, 0.5) is 0 Å². The normalized spacial score (nSPS) is 22.3. The Kier molecular flexibility index (Phi) is 5.29. The van der Waals surface area contributed by atoms with Crippen LogP contribution in [0.3, 0.4) is 0 Å². The lowest BCUT2D eigenvalue weighted by atomic mass is 9.96. The average molecular weight is 391 g/mol. The largest absolute Gasteiger partial charge is 0.339 e. The molecule has 27 heavy (non-hydrogen) atoms. The fourth-order valence-electron chi connectivity index (χ4n) is 4.00. The van der Waals surface area contributed by atoms with Gasteiger partial charge >= 0.3 is 0 Å². The van der Waals surface area contributed by atoms with Gasteiger partial charge in [-0.1, -0.05) is 29.4 Å². The summed E-state index contributed by atoms with van der Waals surface area (Å²) in [7, 11) is -3.33. The molecule has 0 radical (unpaired) electrons. The van der Waals surface area contributed by atoms with Crippen molar-refractivity contribution in [3.63, 3.8) is 0 Å². The molecule has 1 aromatic carbocycles. The van der Waals surface area contributed by atoms with Gasteiger partial charge in [0.15, 0.2) is 0 Å². The van der Waals surface area contributed by atoms with Crippen molar-refractivity contribution < 1.29 is 12.9 Å². The van der Waals surface area contributed by atoms with Crippen molar-refractivity contribution in [2.45, 2.75) is 39.0 Å². The average Bonchev–Trinajstić information content (AvgIpc) is 3.35. The van der Waals surface area contributed by atoms with E-state index < -0.39 is 10.2 Å². The molecule has 0 unspecified atom stereocenters. The van der Waals surface area contributed by atoms with E-state index in [4.69, 9.17) is 4.52 Å². The minimum absolute atomic E-state index is 0.210. The second-order valence-electron chi connectivity index (χ2n) is 7.51. The highest BCUT2D eigenvalue weighted by atomic mass is 32.2. The molecule has 146 valence electrons. The topological polar surface area (TPSA) is 79.5 Å². The zero-order chi connectivity index (χ0) is 18.9. The molecule has 2 saturated heterocycles. The lowest BCUT2D eigenvalue weighted by Crippen LogP contribution is -2.47. The van der Waals surface area contributed by atoms with E-state index in [9.17, 15) is 8.42 Å². The van der Waals surface area contributed by atoms with E-state index in [0.29, 0.717) is 44.3 Å². The maximum atomic E-state index is 12.8. The first-order chi connectivity index (χ1) is 13.0. The molecule has 2 fully saturated rings. The number of aromatic nitrogens is 2. The van der Waals surface area contributed by atoms with Crippen LogP contribution in [0.15, 0.2) is 28.8 Å². The van der Waals surface area contributed by atoms with E-state index in [1.807, 2.05) is 31.2 Å². The Balaban J connectivity index is 1.43. The summed E-state index contributed by atoms with van der Waals surface area (Å²) < 4.78 is 34.4. The smallest absolute Gasteiger partial charge is 0.281 e. The second kappa shape index (κ2) is 7.69. The molecule has 0 saturated carbocycles. The van der Waals surface area contributed by atoms with Gasteiger partial charge in [-0.05, 0) is 44.1 Å². The molecule has 0 aliphatic carbocycles. The van der Waals surface area contributed by atoms with E-state index in [0.717, 1.165) is 36.8 Å². The van der Waals surface area contributed by atoms with Crippen LogP contribution in [0, 0.1) is 12.8 Å². The van der Waals surface area contributed by atoms with E-state index in [2.05, 4.69) is 10.1 Å². The van der Waals surface area contributed by atoms with Crippen molar-refractivity contribution in [1.29, 1.82) is 0 Å². The number of piperidine rings is 1. The quantitative estimate of drug-likeness (QED) is 0.784. The van der Waals surface area contributed by atoms with E-state index in [-0.39, 0.29) is 5.92 Å². The van der Waals surface area contributed by atoms with Gasteiger partial charge in [0.2, 0.25) is 11.7 Å². The fourth-order valence-corrected chi connectivity index (χ4v) is 5.81. The molecule has 0 spiro atoms. The number of hydrogen-bond donors (Lipinski definition) is 0. The third-order valence-corrected chi connectivity index (χ3v) is 7.52. The number of nitrogens with zero attached hydrogens (tertiary/aromatic N) is 4. The molecule has 1 aromatic heterocycles. The predicted octanol–water partition coefficient (Wildman–Crippen LogP) is 2.64. The van der Waals surface area contributed by atoms with Crippen LogP contribution in [0.1, 0.15) is 37.1 Å². The molecule has 3 heterocycles. The molecule has 7 nitrogen and oxygen atoms in total. The summed E-state index contributed by atoms with van der Waals surface area (Å²) in [4.78, 5) is 4.54. The van der Waals surface area contributed by atoms with Gasteiger partial charge in [-0.3, -0.25) is 0 Å². The van der Waals surface area contributed by atoms with Crippen LogP contribution >= 0.6 is 0 Å². The minimum atomic E-state index is -3.33. The molecule has 2 aromatic rings. The summed E-state index contributed by atoms with van der Waals surface area (Å²) in [5.41, 5.74) is 2.07. The molecule has 0 N–H and O–H groups in total. The van der Waals surface area contributed by atoms with Crippen LogP contribution < -0.4 is 0 Å². The third kappa shape index (κ3) is 3.93. The molecule has 2 aliphatic heterocycles. The third-order valence-electron chi connectivity index (χ3n) is 5.52. The summed E-state index contributed by atoms with van der Waals surface area (Å²) >= 11 is 0. The highest BCUT2D eigenvalue weighted by molar-refractivity contribution is 7.86. The molecule has 2 aliphatic rings. The van der Waals surface area contributed by atoms with Crippen LogP contribution in [0.25, 0.3) is 11.4 Å². The number of benzene rings is 1. The van der Waals surface area contributed by atoms with Crippen molar-refractivity contribution in [3.8, 4) is 11.4 Å². The van der Waals surface area contributed by atoms with E-state index in [1.54, 1.807) is 8.61 Å². The lowest BCUT2D eigenvalue weighted by molar-refractivity contribution is 0.236. The first-order valence-corrected chi connectivity index (χ1v) is 11.1. The molecular formula is C19H26N4O3S. The number of aryl methyl sites for hydroxylation is 1. The highest BCUT2D eigenvalue weighted by Gasteiger charge is 2.35. The van der Waals surface area contributed by atoms with Crippen LogP contribution in [-0.4, -0.2) is 53.3 Å². The lowest BCUT2D eigenvalue weighted by Gasteiger charge is -2.33. The first kappa shape index (κ1) is 18.6. The van der Waals surface area contributed by atoms with Gasteiger partial charge in [0.05, 0.1) is 0 Å². The molecule has 4 rings (SSSR count). The Labute approximate surface area is 160 Å². The summed E-state index contributed by atoms with van der Waals surface area (Å²) in [5.74, 6) is 1.39. The maximum Gasteiger partial charge on any atom is 0.281 e. The summed E-state index contributed by atoms with van der Waals surface area (Å²) in [5, 5.41) is 4.12. The van der Waals surface area contributed by atoms with Gasteiger partial charge in [0, 0.05) is 38.2 Å². The van der Waals surface area contributed by atoms with Crippen molar-refractivity contribution in [2.75, 3.05) is 26.2 Å². The summed E-state index contributed by atoms with van der Waals surface area (Å²) in [6.45, 7) is 4.45. The SMILES string of the molecule is Cc1ccccc1-c1noc(C[C@@H]2CCCN(S(=O)(=O)N3CCCC3)C2)n1. The van der Waals surface area contributed by atoms with Crippen molar-refractivity contribution in [2.24, 2.45) is 5.92 Å². The van der Waals surface area contributed by atoms with Crippen molar-refractivity contribution >= 4 is 10.2 Å². The van der Waals surface area contributed by atoms with Gasteiger partial charge < -0.3 is 4.52 Å². The Hall–Kier alpha value is -1.77. The summed E-state index contributed by atoms with van der Waals surface area (Å²) in [6, 6.07) is 7.94. The molecule has 0 bridgehead atoms. The van der Waals surface area contributed by atoms with E-state index in [1.165, 1.54) is 0 Å². The van der Waals surface area contributed by atoms with Crippen LogP contribution in [0.5, 0.6) is 0 Å². The summed E-state index contributed by atoms with van der Waals surface area (Å²) in [6.07, 6.45) is 4.38. The van der Waals surface area contributed by atoms with Crippen LogP contribution in [0.2, 0.25) is 0 Å². The molecule has 0 amide bonds. The van der Waals surface area contributed by atoms with Crippen molar-refractivity contribution in [3.05, 3.63) is 35.7 Å². The fraction of sp³-hybridized carbons (Fsp3) is 0.579. The highest BCUT2D eigenvalue weighted by Crippen LogP contribution is 2.26. The van der Waals surface area contributed by atoms with Crippen LogP contribution in [-0.2, 0) is 16.6 Å². The predicted molar refractivity (Wildman–Crippen MR) is 102 cm³/mol. The molecule has 8 heteroatoms. The Morgan fingerprint density at radius 1 is 1.11 bits per heavy atom. The molecular weight excluding hydrogens is 364 g/mol. The van der Waals surface area contributed by atoms with Gasteiger partial charge in [-0.15, -0.1) is 0 Å². The van der Waals surface area contributed by atoms with E-state index >= 15 is 0 Å². The zero-order valence-electron chi connectivity index (χ0n) is 15.7. The van der Waals surface area contributed by atoms with Crippen molar-refractivity contribution in [1.82, 2.24) is 18.8 Å². The van der Waals surface area contributed by atoms with Gasteiger partial charge in [0.1, 0.15) is 0 Å². The number of hydrogen-bond acceptors (Lipinski definition) is 5. The Morgan fingerprint density at radius 3 is 2.63 bits per heavy atom. The number of rotatable bonds is 5. The standard InChI is InChI=1S/C19H26N4O3S/c1-15-7-2-3-9-17(15)19-20-18(26-21-19)13-16-8-6-12-23(14-16)27(24,25)22-10-4-5-11-22/h2-3,7,9,16H,4-6,8,10-14H2,1H3/t16-/m0/s1. The van der Waals surface area contributed by atoms with Gasteiger partial charge in [-0.2, -0.15) is 22.0 Å². The Bertz CT molecular complexity index is 890. The maximum absolute atomic E-state index is 12.8. The van der Waals surface area contributed by atoms with Gasteiger partial charge in [0.25, 0.3) is 10.2 Å². The van der Waals surface area contributed by atoms with Gasteiger partial charge in [-0.25, -0.2) is 0 Å². The first-order valence-electron chi connectivity index (χ1n) is 9.68. The zero-order valence-corrected chi connectivity index (χ0v) is 16.5.